The van der Waals surface area contributed by atoms with Crippen molar-refractivity contribution < 1.29 is 5.11 Å². The zero-order valence-electron chi connectivity index (χ0n) is 11.9. The zero-order valence-corrected chi connectivity index (χ0v) is 12.7. The van der Waals surface area contributed by atoms with E-state index < -0.39 is 0 Å². The minimum absolute atomic E-state index is 0.161. The molecule has 110 valence electrons. The number of aliphatic hydroxyl groups excluding tert-OH is 1. The first kappa shape index (κ1) is 14.0. The van der Waals surface area contributed by atoms with Crippen LogP contribution in [-0.2, 0) is 20.0 Å². The SMILES string of the molecule is Cn1ccnc1-c1nccn1C[C@H](CO)Cc1ccsc1. The van der Waals surface area contributed by atoms with E-state index in [-0.39, 0.29) is 12.5 Å². The first-order valence-electron chi connectivity index (χ1n) is 6.88. The summed E-state index contributed by atoms with van der Waals surface area (Å²) in [5.41, 5.74) is 1.28. The second kappa shape index (κ2) is 6.24. The molecule has 21 heavy (non-hydrogen) atoms. The van der Waals surface area contributed by atoms with E-state index in [1.807, 2.05) is 24.0 Å². The van der Waals surface area contributed by atoms with Crippen molar-refractivity contribution >= 4 is 11.3 Å². The fraction of sp³-hybridized carbons (Fsp3) is 0.333. The molecule has 1 atom stereocenters. The summed E-state index contributed by atoms with van der Waals surface area (Å²) in [6.45, 7) is 0.891. The predicted octanol–water partition coefficient (Wildman–Crippen LogP) is 2.20. The van der Waals surface area contributed by atoms with Crippen molar-refractivity contribution in [2.45, 2.75) is 13.0 Å². The van der Waals surface area contributed by atoms with Gasteiger partial charge in [0.2, 0.25) is 0 Å². The highest BCUT2D eigenvalue weighted by molar-refractivity contribution is 7.07. The Balaban J connectivity index is 1.78. The number of hydrogen-bond acceptors (Lipinski definition) is 4. The van der Waals surface area contributed by atoms with Crippen LogP contribution in [-0.4, -0.2) is 30.8 Å². The van der Waals surface area contributed by atoms with Gasteiger partial charge in [-0.1, -0.05) is 0 Å². The monoisotopic (exact) mass is 302 g/mol. The summed E-state index contributed by atoms with van der Waals surface area (Å²) < 4.78 is 4.02. The van der Waals surface area contributed by atoms with Gasteiger partial charge in [-0.05, 0) is 28.8 Å². The third-order valence-corrected chi connectivity index (χ3v) is 4.29. The summed E-state index contributed by atoms with van der Waals surface area (Å²) in [4.78, 5) is 8.75. The molecule has 6 heteroatoms. The van der Waals surface area contributed by atoms with Gasteiger partial charge in [0.1, 0.15) is 0 Å². The van der Waals surface area contributed by atoms with Crippen LogP contribution in [0.4, 0.5) is 0 Å². The summed E-state index contributed by atoms with van der Waals surface area (Å²) >= 11 is 1.69. The number of thiophene rings is 1. The van der Waals surface area contributed by atoms with Crippen LogP contribution in [0.3, 0.4) is 0 Å². The molecule has 3 heterocycles. The average Bonchev–Trinajstić information content (AvgIpc) is 3.20. The number of aliphatic hydroxyl groups is 1. The first-order valence-corrected chi connectivity index (χ1v) is 7.83. The summed E-state index contributed by atoms with van der Waals surface area (Å²) in [5.74, 6) is 1.85. The van der Waals surface area contributed by atoms with Gasteiger partial charge in [0.05, 0.1) is 0 Å². The molecule has 0 bridgehead atoms. The van der Waals surface area contributed by atoms with Crippen molar-refractivity contribution in [3.63, 3.8) is 0 Å². The molecule has 3 aromatic rings. The van der Waals surface area contributed by atoms with Gasteiger partial charge in [-0.3, -0.25) is 0 Å². The Bertz CT molecular complexity index is 686. The van der Waals surface area contributed by atoms with Crippen molar-refractivity contribution in [3.8, 4) is 11.6 Å². The van der Waals surface area contributed by atoms with E-state index in [4.69, 9.17) is 0 Å². The van der Waals surface area contributed by atoms with Gasteiger partial charge in [0.15, 0.2) is 11.6 Å². The topological polar surface area (TPSA) is 55.9 Å². The normalized spacial score (nSPS) is 12.7. The molecule has 0 aromatic carbocycles. The highest BCUT2D eigenvalue weighted by Gasteiger charge is 2.15. The maximum Gasteiger partial charge on any atom is 0.176 e. The highest BCUT2D eigenvalue weighted by atomic mass is 32.1. The number of aryl methyl sites for hydroxylation is 1. The molecular formula is C15H18N4OS. The molecule has 0 saturated heterocycles. The highest BCUT2D eigenvalue weighted by Crippen LogP contribution is 2.18. The van der Waals surface area contributed by atoms with E-state index in [0.29, 0.717) is 0 Å². The lowest BCUT2D eigenvalue weighted by Crippen LogP contribution is -2.17. The van der Waals surface area contributed by atoms with Crippen molar-refractivity contribution in [2.24, 2.45) is 13.0 Å². The Kier molecular flexibility index (Phi) is 4.17. The Hall–Kier alpha value is -1.92. The van der Waals surface area contributed by atoms with Crippen LogP contribution in [0.5, 0.6) is 0 Å². The Morgan fingerprint density at radius 1 is 1.24 bits per heavy atom. The molecule has 0 radical (unpaired) electrons. The second-order valence-corrected chi connectivity index (χ2v) is 5.93. The molecule has 1 N–H and O–H groups in total. The lowest BCUT2D eigenvalue weighted by atomic mass is 10.0. The van der Waals surface area contributed by atoms with Gasteiger partial charge in [0.25, 0.3) is 0 Å². The molecule has 3 aromatic heterocycles. The van der Waals surface area contributed by atoms with Crippen LogP contribution in [0.2, 0.25) is 0 Å². The molecule has 0 aliphatic rings. The van der Waals surface area contributed by atoms with E-state index in [2.05, 4.69) is 31.4 Å². The van der Waals surface area contributed by atoms with Crippen LogP contribution in [0.15, 0.2) is 41.6 Å². The van der Waals surface area contributed by atoms with Crippen LogP contribution in [0, 0.1) is 5.92 Å². The minimum Gasteiger partial charge on any atom is -0.396 e. The molecule has 3 rings (SSSR count). The molecular weight excluding hydrogens is 284 g/mol. The van der Waals surface area contributed by atoms with Gasteiger partial charge >= 0.3 is 0 Å². The van der Waals surface area contributed by atoms with Crippen LogP contribution >= 0.6 is 11.3 Å². The maximum absolute atomic E-state index is 9.65. The Morgan fingerprint density at radius 3 is 2.71 bits per heavy atom. The Morgan fingerprint density at radius 2 is 2.05 bits per heavy atom. The van der Waals surface area contributed by atoms with Gasteiger partial charge in [0, 0.05) is 50.9 Å². The quantitative estimate of drug-likeness (QED) is 0.759. The summed E-state index contributed by atoms with van der Waals surface area (Å²) in [7, 11) is 1.95. The van der Waals surface area contributed by atoms with Crippen LogP contribution < -0.4 is 0 Å². The van der Waals surface area contributed by atoms with Gasteiger partial charge < -0.3 is 14.2 Å². The van der Waals surface area contributed by atoms with E-state index in [9.17, 15) is 5.11 Å². The molecule has 0 aliphatic heterocycles. The van der Waals surface area contributed by atoms with Gasteiger partial charge in [-0.15, -0.1) is 0 Å². The van der Waals surface area contributed by atoms with Crippen molar-refractivity contribution in [2.75, 3.05) is 6.61 Å². The van der Waals surface area contributed by atoms with Gasteiger partial charge in [-0.25, -0.2) is 9.97 Å². The van der Waals surface area contributed by atoms with E-state index in [1.54, 1.807) is 23.7 Å². The van der Waals surface area contributed by atoms with Crippen molar-refractivity contribution in [1.29, 1.82) is 0 Å². The molecule has 0 saturated carbocycles. The molecule has 0 fully saturated rings. The smallest absolute Gasteiger partial charge is 0.176 e. The lowest BCUT2D eigenvalue weighted by molar-refractivity contribution is 0.210. The van der Waals surface area contributed by atoms with Crippen LogP contribution in [0.25, 0.3) is 11.6 Å². The third kappa shape index (κ3) is 3.06. The van der Waals surface area contributed by atoms with Crippen LogP contribution in [0.1, 0.15) is 5.56 Å². The fourth-order valence-electron chi connectivity index (χ4n) is 2.45. The fourth-order valence-corrected chi connectivity index (χ4v) is 3.13. The van der Waals surface area contributed by atoms with E-state index >= 15 is 0 Å². The summed E-state index contributed by atoms with van der Waals surface area (Å²) in [6, 6.07) is 2.11. The number of rotatable bonds is 6. The predicted molar refractivity (Wildman–Crippen MR) is 83.0 cm³/mol. The number of hydrogen-bond donors (Lipinski definition) is 1. The summed E-state index contributed by atoms with van der Waals surface area (Å²) in [5, 5.41) is 13.9. The molecule has 0 spiro atoms. The molecule has 5 nitrogen and oxygen atoms in total. The average molecular weight is 302 g/mol. The minimum atomic E-state index is 0.161. The van der Waals surface area contributed by atoms with Crippen molar-refractivity contribution in [1.82, 2.24) is 19.1 Å². The number of nitrogens with zero attached hydrogens (tertiary/aromatic N) is 4. The largest absolute Gasteiger partial charge is 0.396 e. The van der Waals surface area contributed by atoms with Crippen molar-refractivity contribution in [3.05, 3.63) is 47.2 Å². The maximum atomic E-state index is 9.65. The van der Waals surface area contributed by atoms with E-state index in [0.717, 1.165) is 24.6 Å². The van der Waals surface area contributed by atoms with Gasteiger partial charge in [-0.2, -0.15) is 11.3 Å². The molecule has 0 aliphatic carbocycles. The molecule has 0 unspecified atom stereocenters. The standard InChI is InChI=1S/C15H18N4OS/c1-18-5-3-16-14(18)15-17-4-6-19(15)9-13(10-20)8-12-2-7-21-11-12/h2-7,11,13,20H,8-10H2,1H3/t13-/m1/s1. The molecule has 0 amide bonds. The number of imidazole rings is 2. The number of aromatic nitrogens is 4. The second-order valence-electron chi connectivity index (χ2n) is 5.15. The lowest BCUT2D eigenvalue weighted by Gasteiger charge is -2.16. The third-order valence-electron chi connectivity index (χ3n) is 3.55. The first-order chi connectivity index (χ1) is 10.3. The Labute approximate surface area is 127 Å². The zero-order chi connectivity index (χ0) is 14.7. The van der Waals surface area contributed by atoms with E-state index in [1.165, 1.54) is 5.56 Å². The summed E-state index contributed by atoms with van der Waals surface area (Å²) in [6.07, 6.45) is 8.27.